The van der Waals surface area contributed by atoms with Crippen LogP contribution in [-0.4, -0.2) is 98.5 Å². The number of carbonyl (C=O) groups is 3. The molecule has 0 bridgehead atoms. The molecule has 1 saturated heterocycles. The number of rotatable bonds is 4. The third-order valence-electron chi connectivity index (χ3n) is 5.64. The summed E-state index contributed by atoms with van der Waals surface area (Å²) in [6.45, 7) is 7.74. The first kappa shape index (κ1) is 31.6. The second kappa shape index (κ2) is 13.0. The maximum atomic E-state index is 12.8. The van der Waals surface area contributed by atoms with E-state index in [1.807, 2.05) is 17.0 Å². The van der Waals surface area contributed by atoms with Gasteiger partial charge in [-0.25, -0.2) is 9.59 Å². The molecule has 0 saturated carbocycles. The molecule has 3 N–H and O–H groups in total. The Balaban J connectivity index is 0.000000317. The quantitative estimate of drug-likeness (QED) is 0.472. The number of amides is 1. The summed E-state index contributed by atoms with van der Waals surface area (Å²) in [6, 6.07) is 4.08. The number of carboxylic acid groups (broad SMARTS) is 2. The molecular weight excluding hydrogens is 544 g/mol. The number of likely N-dealkylation sites (N-methyl/N-ethyl adjacent to an activating group) is 1. The van der Waals surface area contributed by atoms with Crippen LogP contribution in [0.4, 0.5) is 26.3 Å². The summed E-state index contributed by atoms with van der Waals surface area (Å²) in [5.41, 5.74) is 2.70. The number of carbonyl (C=O) groups excluding carboxylic acids is 1. The number of halogens is 6. The summed E-state index contributed by atoms with van der Waals surface area (Å²) < 4.78 is 69.3. The number of nitrogens with one attached hydrogen (secondary N) is 1. The Morgan fingerprint density at radius 3 is 1.92 bits per heavy atom. The Labute approximate surface area is 217 Å². The fourth-order valence-electron chi connectivity index (χ4n) is 3.57. The van der Waals surface area contributed by atoms with Gasteiger partial charge in [-0.1, -0.05) is 6.92 Å². The Hall–Kier alpha value is -3.60. The monoisotopic (exact) mass is 571 g/mol. The highest BCUT2D eigenvalue weighted by atomic mass is 19.4. The number of aliphatic carboxylic acids is 2. The van der Waals surface area contributed by atoms with Crippen molar-refractivity contribution >= 4 is 17.8 Å². The van der Waals surface area contributed by atoms with Crippen LogP contribution < -0.4 is 0 Å². The van der Waals surface area contributed by atoms with Crippen LogP contribution in [0, 0.1) is 0 Å². The first-order valence-electron chi connectivity index (χ1n) is 11.5. The van der Waals surface area contributed by atoms with Crippen molar-refractivity contribution in [2.75, 3.05) is 33.2 Å². The fourth-order valence-corrected chi connectivity index (χ4v) is 3.57. The number of H-pyrrole nitrogens is 1. The van der Waals surface area contributed by atoms with E-state index in [1.165, 1.54) is 0 Å². The largest absolute Gasteiger partial charge is 0.490 e. The van der Waals surface area contributed by atoms with Crippen LogP contribution in [0.15, 0.2) is 16.5 Å². The molecule has 2 aromatic heterocycles. The molecule has 0 aromatic carbocycles. The summed E-state index contributed by atoms with van der Waals surface area (Å²) in [5.74, 6) is -3.47. The highest BCUT2D eigenvalue weighted by Gasteiger charge is 2.39. The Bertz CT molecular complexity index is 1110. The van der Waals surface area contributed by atoms with Gasteiger partial charge in [0.15, 0.2) is 5.69 Å². The number of fused-ring (bicyclic) bond motifs is 1. The van der Waals surface area contributed by atoms with Crippen LogP contribution in [0.5, 0.6) is 0 Å². The molecule has 0 aliphatic carbocycles. The van der Waals surface area contributed by atoms with Crippen molar-refractivity contribution in [2.24, 2.45) is 0 Å². The minimum Gasteiger partial charge on any atom is -0.475 e. The maximum absolute atomic E-state index is 12.8. The Morgan fingerprint density at radius 2 is 1.46 bits per heavy atom. The van der Waals surface area contributed by atoms with Crippen molar-refractivity contribution in [1.29, 1.82) is 0 Å². The number of aryl methyl sites for hydroxylation is 1. The van der Waals surface area contributed by atoms with Crippen molar-refractivity contribution in [3.63, 3.8) is 0 Å². The van der Waals surface area contributed by atoms with Crippen LogP contribution in [0.1, 0.15) is 40.2 Å². The number of carboxylic acids is 2. The summed E-state index contributed by atoms with van der Waals surface area (Å²) >= 11 is 0. The van der Waals surface area contributed by atoms with Gasteiger partial charge < -0.3 is 24.4 Å². The molecular formula is C22H27F6N5O6. The molecule has 11 nitrogen and oxygen atoms in total. The SMILES string of the molecule is CCc1ccc(CN2Cc3[nH]nc(C(=O)N4CCN(C)CC4)c3C2)o1.O=C(O)C(F)(F)F.O=C(O)C(F)(F)F. The molecule has 17 heteroatoms. The number of furan rings is 1. The molecule has 2 aliphatic rings. The molecule has 1 amide bonds. The second-order valence-corrected chi connectivity index (χ2v) is 8.60. The Morgan fingerprint density at radius 1 is 0.949 bits per heavy atom. The normalized spacial score (nSPS) is 16.1. The summed E-state index contributed by atoms with van der Waals surface area (Å²) in [6.07, 6.45) is -9.26. The lowest BCUT2D eigenvalue weighted by Crippen LogP contribution is -2.47. The maximum Gasteiger partial charge on any atom is 0.490 e. The highest BCUT2D eigenvalue weighted by molar-refractivity contribution is 5.94. The van der Waals surface area contributed by atoms with Crippen molar-refractivity contribution in [3.05, 3.63) is 40.6 Å². The zero-order chi connectivity index (χ0) is 29.5. The van der Waals surface area contributed by atoms with Crippen LogP contribution >= 0.6 is 0 Å². The van der Waals surface area contributed by atoms with Gasteiger partial charge in [0.1, 0.15) is 11.5 Å². The molecule has 218 valence electrons. The smallest absolute Gasteiger partial charge is 0.475 e. The molecule has 0 unspecified atom stereocenters. The van der Waals surface area contributed by atoms with Crippen LogP contribution in [-0.2, 0) is 35.6 Å². The van der Waals surface area contributed by atoms with Crippen LogP contribution in [0.3, 0.4) is 0 Å². The molecule has 0 atom stereocenters. The van der Waals surface area contributed by atoms with E-state index >= 15 is 0 Å². The molecule has 2 aliphatic heterocycles. The van der Waals surface area contributed by atoms with Crippen molar-refractivity contribution < 1.29 is 55.4 Å². The fraction of sp³-hybridized carbons (Fsp3) is 0.545. The number of aromatic amines is 1. The third kappa shape index (κ3) is 9.27. The van der Waals surface area contributed by atoms with Crippen LogP contribution in [0.25, 0.3) is 0 Å². The first-order chi connectivity index (χ1) is 18.0. The average Bonchev–Trinajstić information content (AvgIpc) is 3.55. The van der Waals surface area contributed by atoms with Gasteiger partial charge >= 0.3 is 24.3 Å². The third-order valence-corrected chi connectivity index (χ3v) is 5.64. The van der Waals surface area contributed by atoms with Gasteiger partial charge in [0, 0.05) is 51.3 Å². The number of nitrogens with zero attached hydrogens (tertiary/aromatic N) is 4. The lowest BCUT2D eigenvalue weighted by atomic mass is 10.2. The molecule has 0 radical (unpaired) electrons. The van der Waals surface area contributed by atoms with E-state index in [0.717, 1.165) is 75.0 Å². The molecule has 0 spiro atoms. The van der Waals surface area contributed by atoms with Crippen molar-refractivity contribution in [2.45, 2.75) is 45.3 Å². The number of hydrogen-bond donors (Lipinski definition) is 3. The summed E-state index contributed by atoms with van der Waals surface area (Å²) in [5, 5.41) is 21.6. The van der Waals surface area contributed by atoms with Crippen LogP contribution in [0.2, 0.25) is 0 Å². The number of aromatic nitrogens is 2. The summed E-state index contributed by atoms with van der Waals surface area (Å²) in [7, 11) is 2.09. The lowest BCUT2D eigenvalue weighted by Gasteiger charge is -2.32. The van der Waals surface area contributed by atoms with Gasteiger partial charge in [0.25, 0.3) is 5.91 Å². The van der Waals surface area contributed by atoms with E-state index in [-0.39, 0.29) is 5.91 Å². The number of alkyl halides is 6. The predicted octanol–water partition coefficient (Wildman–Crippen LogP) is 2.74. The minimum absolute atomic E-state index is 0.0544. The lowest BCUT2D eigenvalue weighted by molar-refractivity contribution is -0.193. The molecule has 2 aromatic rings. The molecule has 4 rings (SSSR count). The number of hydrogen-bond acceptors (Lipinski definition) is 7. The van der Waals surface area contributed by atoms with Gasteiger partial charge in [0.05, 0.1) is 12.2 Å². The van der Waals surface area contributed by atoms with Gasteiger partial charge in [-0.15, -0.1) is 0 Å². The first-order valence-corrected chi connectivity index (χ1v) is 11.5. The van der Waals surface area contributed by atoms with E-state index in [2.05, 4.69) is 34.0 Å². The summed E-state index contributed by atoms with van der Waals surface area (Å²) in [4.78, 5) is 37.1. The van der Waals surface area contributed by atoms with E-state index in [0.29, 0.717) is 5.69 Å². The zero-order valence-corrected chi connectivity index (χ0v) is 20.9. The predicted molar refractivity (Wildman–Crippen MR) is 120 cm³/mol. The highest BCUT2D eigenvalue weighted by Crippen LogP contribution is 2.27. The standard InChI is InChI=1S/C18H25N5O2.2C2HF3O2/c1-3-13-4-5-14(25-13)10-22-11-15-16(12-22)19-20-17(15)18(24)23-8-6-21(2)7-9-23;2*3-2(4,5)1(6)7/h4-5H,3,6-12H2,1-2H3,(H,19,20);2*(H,6,7). The van der Waals surface area contributed by atoms with Gasteiger partial charge in [-0.05, 0) is 19.2 Å². The van der Waals surface area contributed by atoms with Crippen molar-refractivity contribution in [3.8, 4) is 0 Å². The molecule has 1 fully saturated rings. The van der Waals surface area contributed by atoms with Gasteiger partial charge in [-0.3, -0.25) is 14.8 Å². The molecule has 4 heterocycles. The molecule has 39 heavy (non-hydrogen) atoms. The second-order valence-electron chi connectivity index (χ2n) is 8.60. The number of piperazine rings is 1. The van der Waals surface area contributed by atoms with Gasteiger partial charge in [-0.2, -0.15) is 31.4 Å². The topological polar surface area (TPSA) is 143 Å². The Kier molecular flexibility index (Phi) is 10.5. The minimum atomic E-state index is -5.08. The van der Waals surface area contributed by atoms with E-state index in [4.69, 9.17) is 24.2 Å². The van der Waals surface area contributed by atoms with Gasteiger partial charge in [0.2, 0.25) is 0 Å². The zero-order valence-electron chi connectivity index (χ0n) is 20.9. The van der Waals surface area contributed by atoms with E-state index < -0.39 is 24.3 Å². The van der Waals surface area contributed by atoms with Crippen molar-refractivity contribution in [1.82, 2.24) is 24.9 Å². The average molecular weight is 571 g/mol. The van der Waals surface area contributed by atoms with E-state index in [9.17, 15) is 31.1 Å². The van der Waals surface area contributed by atoms with E-state index in [1.54, 1.807) is 0 Å².